The number of H-pyrrole nitrogens is 1. The van der Waals surface area contributed by atoms with Crippen LogP contribution in [0.1, 0.15) is 0 Å². The molecule has 0 aliphatic rings. The zero-order valence-corrected chi connectivity index (χ0v) is 10.6. The average molecular weight is 281 g/mol. The molecule has 0 saturated heterocycles. The first-order valence-corrected chi connectivity index (χ1v) is 6.00. The summed E-state index contributed by atoms with van der Waals surface area (Å²) in [5.41, 5.74) is 2.16. The quantitative estimate of drug-likeness (QED) is 0.689. The molecule has 1 N–H and O–H groups in total. The summed E-state index contributed by atoms with van der Waals surface area (Å²) in [6.45, 7) is 0. The summed E-state index contributed by atoms with van der Waals surface area (Å²) in [6, 6.07) is 9.64. The topological polar surface area (TPSA) is 28.7 Å². The number of hydrogen-bond donors (Lipinski definition) is 1. The molecule has 0 fully saturated rings. The lowest BCUT2D eigenvalue weighted by atomic mass is 10.2. The van der Waals surface area contributed by atoms with Gasteiger partial charge in [-0.2, -0.15) is 0 Å². The third-order valence-corrected chi connectivity index (χ3v) is 3.38. The predicted octanol–water partition coefficient (Wildman–Crippen LogP) is 4.68. The predicted molar refractivity (Wildman–Crippen MR) is 71.5 cm³/mol. The largest absolute Gasteiger partial charge is 0.338 e. The molecule has 0 unspecified atom stereocenters. The van der Waals surface area contributed by atoms with Crippen LogP contribution in [0, 0.1) is 5.82 Å². The van der Waals surface area contributed by atoms with Crippen molar-refractivity contribution in [2.24, 2.45) is 0 Å². The Kier molecular flexibility index (Phi) is 2.73. The summed E-state index contributed by atoms with van der Waals surface area (Å²) in [4.78, 5) is 7.42. The van der Waals surface area contributed by atoms with Crippen LogP contribution in [-0.2, 0) is 0 Å². The van der Waals surface area contributed by atoms with Crippen LogP contribution in [0.5, 0.6) is 0 Å². The molecule has 0 bridgehead atoms. The summed E-state index contributed by atoms with van der Waals surface area (Å²) in [7, 11) is 0. The minimum atomic E-state index is -0.299. The maximum atomic E-state index is 13.1. The molecule has 0 aliphatic heterocycles. The van der Waals surface area contributed by atoms with Gasteiger partial charge in [-0.3, -0.25) is 0 Å². The van der Waals surface area contributed by atoms with Gasteiger partial charge in [0.1, 0.15) is 11.6 Å². The van der Waals surface area contributed by atoms with Crippen molar-refractivity contribution < 1.29 is 4.39 Å². The molecular formula is C13H7Cl2FN2. The first kappa shape index (κ1) is 11.5. The van der Waals surface area contributed by atoms with Gasteiger partial charge < -0.3 is 4.98 Å². The van der Waals surface area contributed by atoms with Crippen LogP contribution in [-0.4, -0.2) is 9.97 Å². The zero-order valence-electron chi connectivity index (χ0n) is 9.05. The van der Waals surface area contributed by atoms with E-state index in [0.29, 0.717) is 26.9 Å². The number of nitrogens with zero attached hydrogens (tertiary/aromatic N) is 1. The third kappa shape index (κ3) is 1.96. The summed E-state index contributed by atoms with van der Waals surface area (Å²) in [5.74, 6) is 0.334. The molecule has 5 heteroatoms. The molecule has 2 aromatic carbocycles. The Balaban J connectivity index is 2.16. The van der Waals surface area contributed by atoms with E-state index >= 15 is 0 Å². The van der Waals surface area contributed by atoms with Crippen LogP contribution < -0.4 is 0 Å². The van der Waals surface area contributed by atoms with Crippen LogP contribution in [0.25, 0.3) is 22.4 Å². The molecule has 0 saturated carbocycles. The second-order valence-corrected chi connectivity index (χ2v) is 4.69. The standard InChI is InChI=1S/C13H7Cl2FN2/c14-9-3-1-7(5-10(9)15)13-17-11-4-2-8(16)6-12(11)18-13/h1-6H,(H,17,18). The number of benzene rings is 2. The van der Waals surface area contributed by atoms with Gasteiger partial charge in [-0.15, -0.1) is 0 Å². The minimum absolute atomic E-state index is 0.299. The SMILES string of the molecule is Fc1ccc2nc(-c3ccc(Cl)c(Cl)c3)[nH]c2c1. The number of imidazole rings is 1. The highest BCUT2D eigenvalue weighted by Crippen LogP contribution is 2.28. The summed E-state index contributed by atoms with van der Waals surface area (Å²) < 4.78 is 13.1. The monoisotopic (exact) mass is 280 g/mol. The first-order valence-electron chi connectivity index (χ1n) is 5.24. The Morgan fingerprint density at radius 3 is 2.61 bits per heavy atom. The normalized spacial score (nSPS) is 11.1. The van der Waals surface area contributed by atoms with E-state index in [1.54, 1.807) is 18.2 Å². The molecule has 3 aromatic rings. The van der Waals surface area contributed by atoms with Crippen LogP contribution in [0.3, 0.4) is 0 Å². The highest BCUT2D eigenvalue weighted by atomic mass is 35.5. The van der Waals surface area contributed by atoms with Gasteiger partial charge in [-0.05, 0) is 36.4 Å². The molecule has 1 aromatic heterocycles. The number of fused-ring (bicyclic) bond motifs is 1. The molecule has 0 amide bonds. The van der Waals surface area contributed by atoms with Crippen molar-refractivity contribution in [2.45, 2.75) is 0 Å². The van der Waals surface area contributed by atoms with Crippen molar-refractivity contribution in [3.63, 3.8) is 0 Å². The lowest BCUT2D eigenvalue weighted by Crippen LogP contribution is -1.80. The molecule has 0 spiro atoms. The van der Waals surface area contributed by atoms with E-state index in [-0.39, 0.29) is 5.82 Å². The van der Waals surface area contributed by atoms with Gasteiger partial charge in [0.25, 0.3) is 0 Å². The van der Waals surface area contributed by atoms with Gasteiger partial charge in [0.2, 0.25) is 0 Å². The third-order valence-electron chi connectivity index (χ3n) is 2.64. The first-order chi connectivity index (χ1) is 8.63. The van der Waals surface area contributed by atoms with E-state index in [2.05, 4.69) is 9.97 Å². The number of hydrogen-bond acceptors (Lipinski definition) is 1. The van der Waals surface area contributed by atoms with Gasteiger partial charge in [0.15, 0.2) is 0 Å². The van der Waals surface area contributed by atoms with Crippen LogP contribution in [0.2, 0.25) is 10.0 Å². The number of nitrogens with one attached hydrogen (secondary N) is 1. The highest BCUT2D eigenvalue weighted by molar-refractivity contribution is 6.42. The molecule has 0 aliphatic carbocycles. The van der Waals surface area contributed by atoms with Crippen molar-refractivity contribution in [1.29, 1.82) is 0 Å². The lowest BCUT2D eigenvalue weighted by molar-refractivity contribution is 0.629. The van der Waals surface area contributed by atoms with Crippen molar-refractivity contribution >= 4 is 34.2 Å². The van der Waals surface area contributed by atoms with Crippen molar-refractivity contribution in [3.05, 3.63) is 52.3 Å². The van der Waals surface area contributed by atoms with Crippen molar-refractivity contribution in [2.75, 3.05) is 0 Å². The van der Waals surface area contributed by atoms with E-state index in [1.807, 2.05) is 6.07 Å². The van der Waals surface area contributed by atoms with E-state index in [1.165, 1.54) is 12.1 Å². The number of aromatic nitrogens is 2. The van der Waals surface area contributed by atoms with Gasteiger partial charge >= 0.3 is 0 Å². The Morgan fingerprint density at radius 1 is 1.00 bits per heavy atom. The van der Waals surface area contributed by atoms with E-state index in [0.717, 1.165) is 5.56 Å². The number of rotatable bonds is 1. The second kappa shape index (κ2) is 4.26. The summed E-state index contributed by atoms with van der Waals surface area (Å²) in [5, 5.41) is 0.948. The van der Waals surface area contributed by atoms with Crippen LogP contribution >= 0.6 is 23.2 Å². The molecular weight excluding hydrogens is 274 g/mol. The van der Waals surface area contributed by atoms with Gasteiger partial charge in [0, 0.05) is 5.56 Å². The average Bonchev–Trinajstić information content (AvgIpc) is 2.75. The van der Waals surface area contributed by atoms with E-state index < -0.39 is 0 Å². The minimum Gasteiger partial charge on any atom is -0.338 e. The molecule has 2 nitrogen and oxygen atoms in total. The smallest absolute Gasteiger partial charge is 0.138 e. The van der Waals surface area contributed by atoms with Crippen molar-refractivity contribution in [3.8, 4) is 11.4 Å². The second-order valence-electron chi connectivity index (χ2n) is 3.88. The molecule has 1 heterocycles. The fourth-order valence-corrected chi connectivity index (χ4v) is 2.06. The zero-order chi connectivity index (χ0) is 12.7. The Labute approximate surface area is 112 Å². The lowest BCUT2D eigenvalue weighted by Gasteiger charge is -1.99. The van der Waals surface area contributed by atoms with Gasteiger partial charge in [-0.25, -0.2) is 9.37 Å². The van der Waals surface area contributed by atoms with Crippen molar-refractivity contribution in [1.82, 2.24) is 9.97 Å². The summed E-state index contributed by atoms with van der Waals surface area (Å²) >= 11 is 11.8. The molecule has 90 valence electrons. The van der Waals surface area contributed by atoms with Crippen LogP contribution in [0.15, 0.2) is 36.4 Å². The summed E-state index contributed by atoms with van der Waals surface area (Å²) in [6.07, 6.45) is 0. The van der Waals surface area contributed by atoms with Gasteiger partial charge in [-0.1, -0.05) is 23.2 Å². The maximum Gasteiger partial charge on any atom is 0.138 e. The van der Waals surface area contributed by atoms with Crippen LogP contribution in [0.4, 0.5) is 4.39 Å². The maximum absolute atomic E-state index is 13.1. The number of aromatic amines is 1. The molecule has 0 atom stereocenters. The van der Waals surface area contributed by atoms with E-state index in [4.69, 9.17) is 23.2 Å². The molecule has 18 heavy (non-hydrogen) atoms. The highest BCUT2D eigenvalue weighted by Gasteiger charge is 2.07. The Bertz CT molecular complexity index is 737. The Morgan fingerprint density at radius 2 is 1.83 bits per heavy atom. The molecule has 3 rings (SSSR count). The Hall–Kier alpha value is -1.58. The molecule has 0 radical (unpaired) electrons. The fourth-order valence-electron chi connectivity index (χ4n) is 1.76. The van der Waals surface area contributed by atoms with E-state index in [9.17, 15) is 4.39 Å². The fraction of sp³-hybridized carbons (Fsp3) is 0. The number of halogens is 3. The van der Waals surface area contributed by atoms with Gasteiger partial charge in [0.05, 0.1) is 21.1 Å².